The molecule has 0 aliphatic heterocycles. The summed E-state index contributed by atoms with van der Waals surface area (Å²) in [6, 6.07) is 5.63. The lowest BCUT2D eigenvalue weighted by Gasteiger charge is -2.28. The smallest absolute Gasteiger partial charge is 0.410 e. The van der Waals surface area contributed by atoms with E-state index in [4.69, 9.17) is 14.2 Å². The Kier molecular flexibility index (Phi) is 11.8. The van der Waals surface area contributed by atoms with Crippen LogP contribution in [0.25, 0.3) is 0 Å². The molecule has 0 heterocycles. The summed E-state index contributed by atoms with van der Waals surface area (Å²) in [5.41, 5.74) is -1.11. The highest BCUT2D eigenvalue weighted by Gasteiger charge is 2.31. The third-order valence-corrected chi connectivity index (χ3v) is 4.53. The van der Waals surface area contributed by atoms with Gasteiger partial charge < -0.3 is 40.0 Å². The monoisotopic (exact) mass is 539 g/mol. The van der Waals surface area contributed by atoms with Gasteiger partial charge in [0.1, 0.15) is 29.9 Å². The molecule has 1 rings (SSSR count). The molecule has 3 amide bonds. The standard InChI is InChI=1S/C25H37N3O10/c1-24(2,3)37-21(33)26-17(19(29)30)12-13-28(23(35)36-15-16-10-8-7-9-11-16)14-18(20(31)32)27-22(34)38-25(4,5)6/h7-11,17-18H,12-15H2,1-6H3,(H,26,33)(H,27,34)(H,29,30)(H,31,32). The molecule has 2 atom stereocenters. The zero-order chi connectivity index (χ0) is 29.1. The van der Waals surface area contributed by atoms with Crippen LogP contribution in [0.15, 0.2) is 30.3 Å². The molecule has 0 aliphatic carbocycles. The van der Waals surface area contributed by atoms with Crippen LogP contribution in [-0.2, 0) is 30.4 Å². The summed E-state index contributed by atoms with van der Waals surface area (Å²) in [6.45, 7) is 8.58. The second-order valence-electron chi connectivity index (χ2n) is 10.3. The van der Waals surface area contributed by atoms with Crippen molar-refractivity contribution < 1.29 is 48.4 Å². The molecule has 38 heavy (non-hydrogen) atoms. The summed E-state index contributed by atoms with van der Waals surface area (Å²) in [5, 5.41) is 23.6. The molecule has 1 aromatic rings. The highest BCUT2D eigenvalue weighted by atomic mass is 16.6. The van der Waals surface area contributed by atoms with Crippen LogP contribution in [0, 0.1) is 0 Å². The second kappa shape index (κ2) is 14.1. The predicted molar refractivity (Wildman–Crippen MR) is 134 cm³/mol. The molecule has 13 heteroatoms. The molecular weight excluding hydrogens is 502 g/mol. The number of carboxylic acids is 2. The number of aliphatic carboxylic acids is 2. The van der Waals surface area contributed by atoms with E-state index in [0.29, 0.717) is 5.56 Å². The average Bonchev–Trinajstić information content (AvgIpc) is 2.76. The largest absolute Gasteiger partial charge is 0.480 e. The minimum absolute atomic E-state index is 0.133. The Morgan fingerprint density at radius 2 is 1.29 bits per heavy atom. The van der Waals surface area contributed by atoms with Crippen LogP contribution in [0.1, 0.15) is 53.5 Å². The third kappa shape index (κ3) is 13.3. The summed E-state index contributed by atoms with van der Waals surface area (Å²) in [7, 11) is 0. The first-order valence-electron chi connectivity index (χ1n) is 11.9. The van der Waals surface area contributed by atoms with Crippen LogP contribution < -0.4 is 10.6 Å². The Morgan fingerprint density at radius 3 is 1.74 bits per heavy atom. The van der Waals surface area contributed by atoms with E-state index in [1.165, 1.54) is 0 Å². The van der Waals surface area contributed by atoms with E-state index in [0.717, 1.165) is 4.90 Å². The molecule has 0 radical (unpaired) electrons. The number of carbonyl (C=O) groups excluding carboxylic acids is 3. The van der Waals surface area contributed by atoms with E-state index in [9.17, 15) is 34.2 Å². The molecule has 212 valence electrons. The van der Waals surface area contributed by atoms with Crippen LogP contribution >= 0.6 is 0 Å². The SMILES string of the molecule is CC(C)(C)OC(=O)NC(CCN(CC(NC(=O)OC(C)(C)C)C(=O)O)C(=O)OCc1ccccc1)C(=O)O. The van der Waals surface area contributed by atoms with Gasteiger partial charge in [-0.25, -0.2) is 24.0 Å². The summed E-state index contributed by atoms with van der Waals surface area (Å²) in [4.78, 5) is 61.6. The lowest BCUT2D eigenvalue weighted by Crippen LogP contribution is -2.52. The Bertz CT molecular complexity index is 970. The number of ether oxygens (including phenoxy) is 3. The molecule has 2 unspecified atom stereocenters. The number of hydrogen-bond acceptors (Lipinski definition) is 8. The first kappa shape index (κ1) is 32.0. The molecule has 0 spiro atoms. The number of hydrogen-bond donors (Lipinski definition) is 4. The number of nitrogens with one attached hydrogen (secondary N) is 2. The zero-order valence-corrected chi connectivity index (χ0v) is 22.5. The van der Waals surface area contributed by atoms with Crippen molar-refractivity contribution in [2.24, 2.45) is 0 Å². The summed E-state index contributed by atoms with van der Waals surface area (Å²) >= 11 is 0. The fourth-order valence-electron chi connectivity index (χ4n) is 2.92. The van der Waals surface area contributed by atoms with E-state index in [1.54, 1.807) is 71.9 Å². The molecule has 0 fully saturated rings. The highest BCUT2D eigenvalue weighted by Crippen LogP contribution is 2.11. The molecule has 13 nitrogen and oxygen atoms in total. The van der Waals surface area contributed by atoms with Crippen molar-refractivity contribution in [1.82, 2.24) is 15.5 Å². The normalized spacial score (nSPS) is 12.9. The van der Waals surface area contributed by atoms with Crippen molar-refractivity contribution in [1.29, 1.82) is 0 Å². The highest BCUT2D eigenvalue weighted by molar-refractivity contribution is 5.81. The van der Waals surface area contributed by atoms with Gasteiger partial charge in [0.05, 0.1) is 6.54 Å². The van der Waals surface area contributed by atoms with Crippen molar-refractivity contribution in [3.63, 3.8) is 0 Å². The minimum Gasteiger partial charge on any atom is -0.480 e. The first-order chi connectivity index (χ1) is 17.5. The van der Waals surface area contributed by atoms with E-state index < -0.39 is 60.0 Å². The summed E-state index contributed by atoms with van der Waals surface area (Å²) in [5.74, 6) is -2.85. The molecule has 0 saturated heterocycles. The van der Waals surface area contributed by atoms with Gasteiger partial charge in [-0.05, 0) is 53.5 Å². The maximum absolute atomic E-state index is 12.9. The molecule has 0 saturated carbocycles. The number of amides is 3. The van der Waals surface area contributed by atoms with Crippen LogP contribution in [0.3, 0.4) is 0 Å². The number of rotatable bonds is 11. The van der Waals surface area contributed by atoms with Crippen LogP contribution in [0.5, 0.6) is 0 Å². The van der Waals surface area contributed by atoms with Gasteiger partial charge in [0.2, 0.25) is 0 Å². The number of carboxylic acid groups (broad SMARTS) is 2. The van der Waals surface area contributed by atoms with Gasteiger partial charge in [-0.1, -0.05) is 30.3 Å². The van der Waals surface area contributed by atoms with Crippen molar-refractivity contribution in [3.8, 4) is 0 Å². The van der Waals surface area contributed by atoms with E-state index in [-0.39, 0.29) is 19.6 Å². The Hall–Kier alpha value is -4.03. The molecule has 0 aliphatic rings. The summed E-state index contributed by atoms with van der Waals surface area (Å²) < 4.78 is 15.5. The fraction of sp³-hybridized carbons (Fsp3) is 0.560. The van der Waals surface area contributed by atoms with Crippen LogP contribution in [0.2, 0.25) is 0 Å². The number of benzene rings is 1. The Labute approximate surface area is 221 Å². The van der Waals surface area contributed by atoms with Gasteiger partial charge in [0.15, 0.2) is 0 Å². The molecule has 0 bridgehead atoms. The average molecular weight is 540 g/mol. The Balaban J connectivity index is 3.03. The van der Waals surface area contributed by atoms with Crippen molar-refractivity contribution in [2.45, 2.75) is 77.9 Å². The van der Waals surface area contributed by atoms with Gasteiger partial charge in [-0.15, -0.1) is 0 Å². The molecule has 4 N–H and O–H groups in total. The van der Waals surface area contributed by atoms with Gasteiger partial charge in [-0.2, -0.15) is 0 Å². The molecule has 1 aromatic carbocycles. The van der Waals surface area contributed by atoms with Crippen molar-refractivity contribution in [2.75, 3.05) is 13.1 Å². The van der Waals surface area contributed by atoms with Crippen molar-refractivity contribution >= 4 is 30.2 Å². The number of carbonyl (C=O) groups is 5. The Morgan fingerprint density at radius 1 is 0.816 bits per heavy atom. The van der Waals surface area contributed by atoms with Gasteiger partial charge in [0, 0.05) is 6.54 Å². The summed E-state index contributed by atoms with van der Waals surface area (Å²) in [6.07, 6.45) is -3.25. The van der Waals surface area contributed by atoms with Gasteiger partial charge in [0.25, 0.3) is 0 Å². The van der Waals surface area contributed by atoms with Gasteiger partial charge >= 0.3 is 30.2 Å². The minimum atomic E-state index is -1.60. The zero-order valence-electron chi connectivity index (χ0n) is 22.5. The van der Waals surface area contributed by atoms with E-state index in [1.807, 2.05) is 0 Å². The molecular formula is C25H37N3O10. The first-order valence-corrected chi connectivity index (χ1v) is 11.9. The van der Waals surface area contributed by atoms with Gasteiger partial charge in [-0.3, -0.25) is 0 Å². The predicted octanol–water partition coefficient (Wildman–Crippen LogP) is 2.97. The fourth-order valence-corrected chi connectivity index (χ4v) is 2.92. The van der Waals surface area contributed by atoms with Crippen LogP contribution in [-0.4, -0.2) is 81.7 Å². The number of alkyl carbamates (subject to hydrolysis) is 2. The maximum atomic E-state index is 12.9. The quantitative estimate of drug-likeness (QED) is 0.305. The van der Waals surface area contributed by atoms with Crippen molar-refractivity contribution in [3.05, 3.63) is 35.9 Å². The lowest BCUT2D eigenvalue weighted by molar-refractivity contribution is -0.141. The van der Waals surface area contributed by atoms with E-state index >= 15 is 0 Å². The lowest BCUT2D eigenvalue weighted by atomic mass is 10.2. The third-order valence-electron chi connectivity index (χ3n) is 4.53. The maximum Gasteiger partial charge on any atom is 0.410 e. The topological polar surface area (TPSA) is 181 Å². The second-order valence-corrected chi connectivity index (χ2v) is 10.3. The van der Waals surface area contributed by atoms with E-state index in [2.05, 4.69) is 10.6 Å². The van der Waals surface area contributed by atoms with Crippen LogP contribution in [0.4, 0.5) is 14.4 Å². The number of nitrogens with zero attached hydrogens (tertiary/aromatic N) is 1. The molecule has 0 aromatic heterocycles.